The maximum Gasteiger partial charge on any atom is 0.249 e. The van der Waals surface area contributed by atoms with Crippen molar-refractivity contribution in [1.29, 1.82) is 0 Å². The second-order valence-corrected chi connectivity index (χ2v) is 7.34. The fourth-order valence-electron chi connectivity index (χ4n) is 5.53. The molecule has 0 spiro atoms. The van der Waals surface area contributed by atoms with Crippen LogP contribution in [-0.2, 0) is 4.79 Å². The molecule has 4 aliphatic carbocycles. The summed E-state index contributed by atoms with van der Waals surface area (Å²) < 4.78 is 0. The van der Waals surface area contributed by atoms with Gasteiger partial charge >= 0.3 is 0 Å². The van der Waals surface area contributed by atoms with E-state index in [0.29, 0.717) is 11.4 Å². The summed E-state index contributed by atoms with van der Waals surface area (Å²) in [7, 11) is 0. The van der Waals surface area contributed by atoms with Crippen molar-refractivity contribution < 1.29 is 4.79 Å². The molecular weight excluding hydrogens is 198 g/mol. The van der Waals surface area contributed by atoms with E-state index >= 15 is 0 Å². The predicted molar refractivity (Wildman–Crippen MR) is 61.8 cm³/mol. The van der Waals surface area contributed by atoms with Crippen LogP contribution in [-0.4, -0.2) is 21.9 Å². The average molecular weight is 219 g/mol. The van der Waals surface area contributed by atoms with E-state index in [4.69, 9.17) is 0 Å². The zero-order valence-corrected chi connectivity index (χ0v) is 10.3. The summed E-state index contributed by atoms with van der Waals surface area (Å²) in [5, 5.41) is 0. The van der Waals surface area contributed by atoms with Gasteiger partial charge < -0.3 is 4.90 Å². The number of rotatable bonds is 1. The van der Waals surface area contributed by atoms with E-state index in [1.807, 2.05) is 0 Å². The Morgan fingerprint density at radius 1 is 1.00 bits per heavy atom. The summed E-state index contributed by atoms with van der Waals surface area (Å²) in [6.07, 6.45) is 8.32. The number of carbonyl (C=O) groups is 1. The first-order valence-corrected chi connectivity index (χ1v) is 6.86. The Labute approximate surface area is 97.4 Å². The van der Waals surface area contributed by atoms with Crippen LogP contribution in [0.2, 0.25) is 0 Å². The summed E-state index contributed by atoms with van der Waals surface area (Å²) in [6, 6.07) is 0. The SMILES string of the molecule is CC1(C)C(=O)N1C12CC3CC(CC(C3)C1)C2. The van der Waals surface area contributed by atoms with Gasteiger partial charge in [0.15, 0.2) is 0 Å². The standard InChI is InChI=1S/C14H21NO/c1-13(2)12(16)15(13)14-6-9-3-10(7-14)5-11(4-9)8-14/h9-11H,3-8H2,1-2H3. The quantitative estimate of drug-likeness (QED) is 0.621. The minimum atomic E-state index is -0.133. The molecule has 0 radical (unpaired) electrons. The number of nitrogens with zero attached hydrogens (tertiary/aromatic N) is 1. The highest BCUT2D eigenvalue weighted by Gasteiger charge is 2.67. The lowest BCUT2D eigenvalue weighted by atomic mass is 9.53. The minimum Gasteiger partial charge on any atom is -0.321 e. The molecule has 4 bridgehead atoms. The van der Waals surface area contributed by atoms with E-state index < -0.39 is 0 Å². The number of hydrogen-bond donors (Lipinski definition) is 0. The largest absolute Gasteiger partial charge is 0.321 e. The highest BCUT2D eigenvalue weighted by Crippen LogP contribution is 2.61. The molecule has 2 nitrogen and oxygen atoms in total. The van der Waals surface area contributed by atoms with E-state index in [1.54, 1.807) is 0 Å². The second-order valence-electron chi connectivity index (χ2n) is 7.34. The van der Waals surface area contributed by atoms with Gasteiger partial charge in [-0.1, -0.05) is 0 Å². The molecule has 2 heteroatoms. The zero-order chi connectivity index (χ0) is 11.1. The highest BCUT2D eigenvalue weighted by molar-refractivity contribution is 6.02. The van der Waals surface area contributed by atoms with Crippen LogP contribution in [0.3, 0.4) is 0 Å². The molecule has 0 aromatic heterocycles. The van der Waals surface area contributed by atoms with E-state index in [-0.39, 0.29) is 5.54 Å². The first-order chi connectivity index (χ1) is 7.51. The third kappa shape index (κ3) is 0.970. The molecule has 16 heavy (non-hydrogen) atoms. The normalized spacial score (nSPS) is 52.2. The lowest BCUT2D eigenvalue weighted by molar-refractivity contribution is -0.121. The molecule has 1 heterocycles. The summed E-state index contributed by atoms with van der Waals surface area (Å²) in [6.45, 7) is 4.21. The molecule has 1 saturated heterocycles. The van der Waals surface area contributed by atoms with E-state index in [9.17, 15) is 4.79 Å². The summed E-state index contributed by atoms with van der Waals surface area (Å²) in [4.78, 5) is 14.2. The Balaban J connectivity index is 1.70. The van der Waals surface area contributed by atoms with Crippen LogP contribution < -0.4 is 0 Å². The van der Waals surface area contributed by atoms with Crippen LogP contribution in [0.4, 0.5) is 0 Å². The lowest BCUT2D eigenvalue weighted by Crippen LogP contribution is -2.56. The lowest BCUT2D eigenvalue weighted by Gasteiger charge is -2.57. The zero-order valence-electron chi connectivity index (χ0n) is 10.3. The summed E-state index contributed by atoms with van der Waals surface area (Å²) in [5.74, 6) is 3.23. The van der Waals surface area contributed by atoms with Gasteiger partial charge in [-0.05, 0) is 70.1 Å². The van der Waals surface area contributed by atoms with Crippen molar-refractivity contribution in [1.82, 2.24) is 4.90 Å². The molecule has 0 aromatic rings. The van der Waals surface area contributed by atoms with Gasteiger partial charge in [0.25, 0.3) is 0 Å². The molecule has 0 unspecified atom stereocenters. The Kier molecular flexibility index (Phi) is 1.48. The van der Waals surface area contributed by atoms with Crippen molar-refractivity contribution >= 4 is 5.91 Å². The predicted octanol–water partition coefficient (Wildman–Crippen LogP) is 2.58. The van der Waals surface area contributed by atoms with Gasteiger partial charge in [-0.3, -0.25) is 4.79 Å². The molecule has 0 N–H and O–H groups in total. The smallest absolute Gasteiger partial charge is 0.249 e. The molecule has 1 aliphatic heterocycles. The van der Waals surface area contributed by atoms with Crippen molar-refractivity contribution in [3.63, 3.8) is 0 Å². The van der Waals surface area contributed by atoms with Crippen LogP contribution in [0.1, 0.15) is 52.4 Å². The van der Waals surface area contributed by atoms with Crippen molar-refractivity contribution in [3.05, 3.63) is 0 Å². The maximum absolute atomic E-state index is 12.0. The van der Waals surface area contributed by atoms with Crippen molar-refractivity contribution in [2.24, 2.45) is 17.8 Å². The Bertz CT molecular complexity index is 336. The molecule has 5 fully saturated rings. The van der Waals surface area contributed by atoms with Crippen molar-refractivity contribution in [2.75, 3.05) is 0 Å². The monoisotopic (exact) mass is 219 g/mol. The third-order valence-corrected chi connectivity index (χ3v) is 5.72. The molecular formula is C14H21NO. The van der Waals surface area contributed by atoms with Crippen molar-refractivity contribution in [2.45, 2.75) is 63.5 Å². The minimum absolute atomic E-state index is 0.133. The number of amides is 1. The van der Waals surface area contributed by atoms with Crippen LogP contribution >= 0.6 is 0 Å². The van der Waals surface area contributed by atoms with Crippen LogP contribution in [0.15, 0.2) is 0 Å². The van der Waals surface area contributed by atoms with E-state index in [0.717, 1.165) is 17.8 Å². The van der Waals surface area contributed by atoms with Gasteiger partial charge in [0.2, 0.25) is 5.91 Å². The van der Waals surface area contributed by atoms with Gasteiger partial charge in [0, 0.05) is 5.54 Å². The molecule has 5 aliphatic rings. The number of hydrogen-bond acceptors (Lipinski definition) is 1. The average Bonchev–Trinajstić information content (AvgIpc) is 2.63. The topological polar surface area (TPSA) is 20.1 Å². The Morgan fingerprint density at radius 2 is 1.38 bits per heavy atom. The van der Waals surface area contributed by atoms with Gasteiger partial charge in [-0.2, -0.15) is 0 Å². The summed E-state index contributed by atoms with van der Waals surface area (Å²) in [5.41, 5.74) is 0.168. The second kappa shape index (κ2) is 2.49. The van der Waals surface area contributed by atoms with E-state index in [1.165, 1.54) is 38.5 Å². The molecule has 1 amide bonds. The van der Waals surface area contributed by atoms with Crippen LogP contribution in [0.5, 0.6) is 0 Å². The van der Waals surface area contributed by atoms with Crippen molar-refractivity contribution in [3.8, 4) is 0 Å². The summed E-state index contributed by atoms with van der Waals surface area (Å²) >= 11 is 0. The Morgan fingerprint density at radius 3 is 1.69 bits per heavy atom. The first kappa shape index (κ1) is 9.49. The highest BCUT2D eigenvalue weighted by atomic mass is 16.2. The number of carbonyl (C=O) groups excluding carboxylic acids is 1. The van der Waals surface area contributed by atoms with Crippen LogP contribution in [0.25, 0.3) is 0 Å². The van der Waals surface area contributed by atoms with E-state index in [2.05, 4.69) is 18.7 Å². The molecule has 0 aromatic carbocycles. The fourth-order valence-corrected chi connectivity index (χ4v) is 5.53. The first-order valence-electron chi connectivity index (χ1n) is 6.86. The van der Waals surface area contributed by atoms with Crippen LogP contribution in [0, 0.1) is 17.8 Å². The van der Waals surface area contributed by atoms with Gasteiger partial charge in [0.05, 0.1) is 0 Å². The van der Waals surface area contributed by atoms with Gasteiger partial charge in [-0.15, -0.1) is 0 Å². The molecule has 88 valence electrons. The Hall–Kier alpha value is -0.530. The molecule has 4 saturated carbocycles. The third-order valence-electron chi connectivity index (χ3n) is 5.72. The maximum atomic E-state index is 12.0. The fraction of sp³-hybridized carbons (Fsp3) is 0.929. The van der Waals surface area contributed by atoms with Gasteiger partial charge in [0.1, 0.15) is 5.54 Å². The molecule has 0 atom stereocenters. The van der Waals surface area contributed by atoms with Gasteiger partial charge in [-0.25, -0.2) is 0 Å². The molecule has 5 rings (SSSR count).